The number of aromatic nitrogens is 2. The second-order valence-electron chi connectivity index (χ2n) is 4.56. The van der Waals surface area contributed by atoms with E-state index in [0.717, 1.165) is 12.3 Å². The average molecular weight is 409 g/mol. The van der Waals surface area contributed by atoms with Crippen molar-refractivity contribution in [3.8, 4) is 0 Å². The van der Waals surface area contributed by atoms with Crippen LogP contribution in [0.15, 0.2) is 30.7 Å². The molecule has 4 nitrogen and oxygen atoms in total. The molecule has 0 unspecified atom stereocenters. The molecule has 8 heteroatoms. The van der Waals surface area contributed by atoms with Gasteiger partial charge < -0.3 is 4.90 Å². The first-order valence-corrected chi connectivity index (χ1v) is 6.91. The molecule has 0 bridgehead atoms. The lowest BCUT2D eigenvalue weighted by atomic mass is 10.2. The van der Waals surface area contributed by atoms with Crippen LogP contribution in [-0.2, 0) is 6.18 Å². The van der Waals surface area contributed by atoms with Crippen LogP contribution in [0, 0.1) is 3.57 Å². The number of imidazole rings is 1. The second-order valence-corrected chi connectivity index (χ2v) is 5.72. The Morgan fingerprint density at radius 2 is 2.10 bits per heavy atom. The van der Waals surface area contributed by atoms with E-state index in [2.05, 4.69) is 4.98 Å². The van der Waals surface area contributed by atoms with Crippen molar-refractivity contribution in [2.45, 2.75) is 6.18 Å². The number of hydrogen-bond donors (Lipinski definition) is 0. The number of carbonyl (C=O) groups excluding carboxylic acids is 1. The van der Waals surface area contributed by atoms with Crippen LogP contribution >= 0.6 is 22.6 Å². The van der Waals surface area contributed by atoms with E-state index in [4.69, 9.17) is 0 Å². The maximum Gasteiger partial charge on any atom is 0.417 e. The molecule has 2 aromatic heterocycles. The lowest BCUT2D eigenvalue weighted by Gasteiger charge is -2.09. The molecule has 0 fully saturated rings. The SMILES string of the molecule is CN(C)C=CC(=O)c1cnc2c(I)cc(C(F)(F)F)cn12. The molecule has 0 spiro atoms. The van der Waals surface area contributed by atoms with Gasteiger partial charge in [0, 0.05) is 32.6 Å². The van der Waals surface area contributed by atoms with Crippen LogP contribution in [0.1, 0.15) is 16.1 Å². The molecule has 2 rings (SSSR count). The largest absolute Gasteiger partial charge is 0.417 e. The fraction of sp³-hybridized carbons (Fsp3) is 0.231. The summed E-state index contributed by atoms with van der Waals surface area (Å²) in [6.07, 6.45) is 0.510. The molecule has 2 heterocycles. The fourth-order valence-electron chi connectivity index (χ4n) is 1.69. The molecule has 0 aromatic carbocycles. The molecular formula is C13H11F3IN3O. The summed E-state index contributed by atoms with van der Waals surface area (Å²) in [5.74, 6) is -0.411. The van der Waals surface area contributed by atoms with E-state index in [9.17, 15) is 18.0 Å². The molecule has 0 N–H and O–H groups in total. The molecule has 21 heavy (non-hydrogen) atoms. The maximum absolute atomic E-state index is 12.8. The van der Waals surface area contributed by atoms with Crippen molar-refractivity contribution in [1.82, 2.24) is 14.3 Å². The van der Waals surface area contributed by atoms with Crippen LogP contribution in [0.3, 0.4) is 0 Å². The Morgan fingerprint density at radius 3 is 2.67 bits per heavy atom. The van der Waals surface area contributed by atoms with Gasteiger partial charge in [-0.15, -0.1) is 0 Å². The monoisotopic (exact) mass is 409 g/mol. The summed E-state index contributed by atoms with van der Waals surface area (Å²) in [5, 5.41) is 0. The minimum Gasteiger partial charge on any atom is -0.383 e. The first-order valence-electron chi connectivity index (χ1n) is 5.83. The predicted molar refractivity (Wildman–Crippen MR) is 80.1 cm³/mol. The molecule has 0 saturated carbocycles. The second kappa shape index (κ2) is 5.66. The molecule has 0 aliphatic carbocycles. The summed E-state index contributed by atoms with van der Waals surface area (Å²) in [4.78, 5) is 17.7. The van der Waals surface area contributed by atoms with Crippen LogP contribution in [-0.4, -0.2) is 34.2 Å². The molecule has 0 saturated heterocycles. The van der Waals surface area contributed by atoms with Gasteiger partial charge in [0.1, 0.15) is 5.69 Å². The molecule has 0 aliphatic heterocycles. The van der Waals surface area contributed by atoms with Crippen LogP contribution in [0.5, 0.6) is 0 Å². The normalized spacial score (nSPS) is 12.3. The Balaban J connectivity index is 2.56. The molecular weight excluding hydrogens is 398 g/mol. The van der Waals surface area contributed by atoms with Gasteiger partial charge in [0.15, 0.2) is 5.65 Å². The Kier molecular flexibility index (Phi) is 4.26. The number of hydrogen-bond acceptors (Lipinski definition) is 3. The average Bonchev–Trinajstić information content (AvgIpc) is 2.79. The molecule has 2 aromatic rings. The summed E-state index contributed by atoms with van der Waals surface area (Å²) in [6, 6.07) is 1.01. The van der Waals surface area contributed by atoms with Gasteiger partial charge in [-0.05, 0) is 28.7 Å². The number of nitrogens with zero attached hydrogens (tertiary/aromatic N) is 3. The number of carbonyl (C=O) groups is 1. The van der Waals surface area contributed by atoms with Crippen molar-refractivity contribution in [2.24, 2.45) is 0 Å². The smallest absolute Gasteiger partial charge is 0.383 e. The highest BCUT2D eigenvalue weighted by molar-refractivity contribution is 14.1. The van der Waals surface area contributed by atoms with Gasteiger partial charge in [-0.3, -0.25) is 9.20 Å². The van der Waals surface area contributed by atoms with Crippen LogP contribution < -0.4 is 0 Å². The van der Waals surface area contributed by atoms with Gasteiger partial charge in [-0.25, -0.2) is 4.98 Å². The third kappa shape index (κ3) is 3.36. The van der Waals surface area contributed by atoms with E-state index in [1.54, 1.807) is 41.6 Å². The summed E-state index contributed by atoms with van der Waals surface area (Å²) in [6.45, 7) is 0. The molecule has 0 atom stereocenters. The molecule has 0 radical (unpaired) electrons. The molecule has 112 valence electrons. The van der Waals surface area contributed by atoms with Crippen molar-refractivity contribution >= 4 is 34.0 Å². The zero-order valence-corrected chi connectivity index (χ0v) is 13.3. The Hall–Kier alpha value is -1.58. The van der Waals surface area contributed by atoms with Gasteiger partial charge in [0.05, 0.1) is 15.3 Å². The van der Waals surface area contributed by atoms with Crippen LogP contribution in [0.4, 0.5) is 13.2 Å². The summed E-state index contributed by atoms with van der Waals surface area (Å²) < 4.78 is 40.0. The Morgan fingerprint density at radius 1 is 1.43 bits per heavy atom. The minimum atomic E-state index is -4.47. The standard InChI is InChI=1S/C13H11F3IN3O/c1-19(2)4-3-11(21)10-6-18-12-9(17)5-8(7-20(10)12)13(14,15)16/h3-7H,1-2H3. The lowest BCUT2D eigenvalue weighted by molar-refractivity contribution is -0.137. The topological polar surface area (TPSA) is 37.6 Å². The highest BCUT2D eigenvalue weighted by atomic mass is 127. The summed E-state index contributed by atoms with van der Waals surface area (Å²) >= 11 is 1.77. The summed E-state index contributed by atoms with van der Waals surface area (Å²) in [7, 11) is 3.48. The maximum atomic E-state index is 12.8. The van der Waals surface area contributed by atoms with Crippen molar-refractivity contribution in [3.05, 3.63) is 45.6 Å². The van der Waals surface area contributed by atoms with E-state index < -0.39 is 17.5 Å². The van der Waals surface area contributed by atoms with Gasteiger partial charge in [-0.2, -0.15) is 13.2 Å². The number of fused-ring (bicyclic) bond motifs is 1. The van der Waals surface area contributed by atoms with Crippen molar-refractivity contribution in [3.63, 3.8) is 0 Å². The van der Waals surface area contributed by atoms with Gasteiger partial charge in [0.2, 0.25) is 5.78 Å². The van der Waals surface area contributed by atoms with Crippen LogP contribution in [0.25, 0.3) is 5.65 Å². The van der Waals surface area contributed by atoms with E-state index in [1.807, 2.05) is 0 Å². The van der Waals surface area contributed by atoms with Crippen molar-refractivity contribution in [2.75, 3.05) is 14.1 Å². The van der Waals surface area contributed by atoms with Gasteiger partial charge in [0.25, 0.3) is 0 Å². The Labute approximate surface area is 132 Å². The van der Waals surface area contributed by atoms with Gasteiger partial charge in [-0.1, -0.05) is 0 Å². The number of pyridine rings is 1. The molecule has 0 aliphatic rings. The lowest BCUT2D eigenvalue weighted by Crippen LogP contribution is -2.10. The quantitative estimate of drug-likeness (QED) is 0.444. The highest BCUT2D eigenvalue weighted by Gasteiger charge is 2.32. The Bertz CT molecular complexity index is 719. The van der Waals surface area contributed by atoms with Crippen molar-refractivity contribution in [1.29, 1.82) is 0 Å². The van der Waals surface area contributed by atoms with E-state index in [-0.39, 0.29) is 5.69 Å². The first kappa shape index (κ1) is 15.8. The third-order valence-electron chi connectivity index (χ3n) is 2.66. The number of alkyl halides is 3. The van der Waals surface area contributed by atoms with Crippen LogP contribution in [0.2, 0.25) is 0 Å². The zero-order chi connectivity index (χ0) is 15.8. The number of allylic oxidation sites excluding steroid dienone is 1. The van der Waals surface area contributed by atoms with Gasteiger partial charge >= 0.3 is 6.18 Å². The fourth-order valence-corrected chi connectivity index (χ4v) is 2.42. The number of halogens is 4. The minimum absolute atomic E-state index is 0.0899. The van der Waals surface area contributed by atoms with E-state index >= 15 is 0 Å². The predicted octanol–water partition coefficient (Wildman–Crippen LogP) is 3.22. The highest BCUT2D eigenvalue weighted by Crippen LogP contribution is 2.31. The third-order valence-corrected chi connectivity index (χ3v) is 3.46. The van der Waals surface area contributed by atoms with E-state index in [1.165, 1.54) is 22.9 Å². The molecule has 0 amide bonds. The zero-order valence-electron chi connectivity index (χ0n) is 11.1. The number of ketones is 1. The van der Waals surface area contributed by atoms with E-state index in [0.29, 0.717) is 9.22 Å². The van der Waals surface area contributed by atoms with Crippen molar-refractivity contribution < 1.29 is 18.0 Å². The summed E-state index contributed by atoms with van der Waals surface area (Å²) in [5.41, 5.74) is -0.402. The first-order chi connectivity index (χ1) is 9.70. The number of rotatable bonds is 3.